The molecule has 0 aliphatic heterocycles. The van der Waals surface area contributed by atoms with Crippen molar-refractivity contribution >= 4 is 34.1 Å². The Morgan fingerprint density at radius 3 is 2.56 bits per heavy atom. The van der Waals surface area contributed by atoms with Crippen LogP contribution in [0, 0.1) is 20.8 Å². The van der Waals surface area contributed by atoms with Crippen LogP contribution >= 0.6 is 11.6 Å². The lowest BCUT2D eigenvalue weighted by molar-refractivity contribution is 0.102. The van der Waals surface area contributed by atoms with E-state index in [-0.39, 0.29) is 5.91 Å². The van der Waals surface area contributed by atoms with Gasteiger partial charge in [0, 0.05) is 28.2 Å². The third kappa shape index (κ3) is 4.38. The highest BCUT2D eigenvalue weighted by atomic mass is 35.5. The van der Waals surface area contributed by atoms with E-state index in [0.29, 0.717) is 22.8 Å². The van der Waals surface area contributed by atoms with Crippen molar-refractivity contribution < 1.29 is 4.79 Å². The van der Waals surface area contributed by atoms with Crippen molar-refractivity contribution in [3.05, 3.63) is 94.0 Å². The van der Waals surface area contributed by atoms with Crippen LogP contribution < -0.4 is 5.32 Å². The number of halogens is 1. The first-order valence-corrected chi connectivity index (χ1v) is 12.3. The van der Waals surface area contributed by atoms with E-state index in [1.165, 1.54) is 0 Å². The zero-order valence-electron chi connectivity index (χ0n) is 20.7. The minimum absolute atomic E-state index is 0.205. The highest BCUT2D eigenvalue weighted by Crippen LogP contribution is 2.29. The van der Waals surface area contributed by atoms with Gasteiger partial charge in [0.2, 0.25) is 0 Å². The topological polar surface area (TPSA) is 77.6 Å². The van der Waals surface area contributed by atoms with E-state index >= 15 is 0 Å². The van der Waals surface area contributed by atoms with Crippen LogP contribution in [0.2, 0.25) is 5.02 Å². The van der Waals surface area contributed by atoms with Gasteiger partial charge in [-0.1, -0.05) is 41.9 Å². The molecule has 0 saturated heterocycles. The maximum Gasteiger partial charge on any atom is 0.256 e. The second-order valence-electron chi connectivity index (χ2n) is 8.82. The Hall–Kier alpha value is -3.97. The third-order valence-corrected chi connectivity index (χ3v) is 6.72. The molecule has 1 amide bonds. The standard InChI is InChI=1S/C28H27ClN6O/c1-5-34-18(3)24(15-30-34)26-14-23(22-11-6-7-12-25(22)31-26)28(36)32-27-17(2)33-35(19(27)4)16-20-9-8-10-21(29)13-20/h6-15H,5,16H2,1-4H3,(H,32,36). The maximum absolute atomic E-state index is 13.7. The molecule has 182 valence electrons. The van der Waals surface area contributed by atoms with Crippen LogP contribution in [0.3, 0.4) is 0 Å². The molecule has 3 aromatic heterocycles. The number of nitrogens with one attached hydrogen (secondary N) is 1. The summed E-state index contributed by atoms with van der Waals surface area (Å²) in [5.41, 5.74) is 7.34. The molecular formula is C28H27ClN6O. The Morgan fingerprint density at radius 1 is 1.00 bits per heavy atom. The summed E-state index contributed by atoms with van der Waals surface area (Å²) in [5, 5.41) is 13.7. The Morgan fingerprint density at radius 2 is 1.81 bits per heavy atom. The number of amides is 1. The normalized spacial score (nSPS) is 11.2. The number of pyridine rings is 1. The average molecular weight is 499 g/mol. The number of aromatic nitrogens is 5. The van der Waals surface area contributed by atoms with E-state index in [0.717, 1.165) is 51.4 Å². The van der Waals surface area contributed by atoms with Crippen LogP contribution in [0.1, 0.15) is 39.9 Å². The predicted molar refractivity (Wildman–Crippen MR) is 144 cm³/mol. The van der Waals surface area contributed by atoms with Crippen LogP contribution in [0.4, 0.5) is 5.69 Å². The molecule has 0 aliphatic carbocycles. The molecule has 0 radical (unpaired) electrons. The molecule has 0 unspecified atom stereocenters. The molecule has 36 heavy (non-hydrogen) atoms. The first kappa shape index (κ1) is 23.8. The number of fused-ring (bicyclic) bond motifs is 1. The fraction of sp³-hybridized carbons (Fsp3) is 0.214. The number of anilines is 1. The van der Waals surface area contributed by atoms with E-state index in [9.17, 15) is 4.79 Å². The summed E-state index contributed by atoms with van der Waals surface area (Å²) in [7, 11) is 0. The number of para-hydroxylation sites is 1. The lowest BCUT2D eigenvalue weighted by Gasteiger charge is -2.11. The fourth-order valence-corrected chi connectivity index (χ4v) is 4.75. The van der Waals surface area contributed by atoms with Gasteiger partial charge in [0.1, 0.15) is 0 Å². The van der Waals surface area contributed by atoms with E-state index in [4.69, 9.17) is 16.6 Å². The van der Waals surface area contributed by atoms with E-state index < -0.39 is 0 Å². The number of rotatable bonds is 6. The number of hydrogen-bond donors (Lipinski definition) is 1. The molecule has 0 saturated carbocycles. The van der Waals surface area contributed by atoms with Gasteiger partial charge in [-0.25, -0.2) is 4.98 Å². The number of aryl methyl sites for hydroxylation is 2. The average Bonchev–Trinajstić information content (AvgIpc) is 3.37. The zero-order chi connectivity index (χ0) is 25.4. The zero-order valence-corrected chi connectivity index (χ0v) is 21.5. The van der Waals surface area contributed by atoms with E-state index in [1.54, 1.807) is 0 Å². The molecule has 1 N–H and O–H groups in total. The Labute approximate surface area is 214 Å². The van der Waals surface area contributed by atoms with Gasteiger partial charge in [0.25, 0.3) is 5.91 Å². The van der Waals surface area contributed by atoms with Crippen molar-refractivity contribution in [2.24, 2.45) is 0 Å². The van der Waals surface area contributed by atoms with Crippen LogP contribution in [0.25, 0.3) is 22.2 Å². The molecule has 0 spiro atoms. The summed E-state index contributed by atoms with van der Waals surface area (Å²) in [5.74, 6) is -0.205. The molecule has 7 nitrogen and oxygen atoms in total. The molecule has 0 atom stereocenters. The first-order valence-electron chi connectivity index (χ1n) is 11.9. The van der Waals surface area contributed by atoms with Crippen molar-refractivity contribution in [3.8, 4) is 11.3 Å². The van der Waals surface area contributed by atoms with Gasteiger partial charge in [-0.2, -0.15) is 10.2 Å². The molecule has 5 rings (SSSR count). The van der Waals surface area contributed by atoms with Crippen LogP contribution in [-0.2, 0) is 13.1 Å². The van der Waals surface area contributed by atoms with Crippen LogP contribution in [0.5, 0.6) is 0 Å². The molecule has 3 heterocycles. The highest BCUT2D eigenvalue weighted by Gasteiger charge is 2.20. The molecule has 5 aromatic rings. The summed E-state index contributed by atoms with van der Waals surface area (Å²) >= 11 is 6.15. The predicted octanol–water partition coefficient (Wildman–Crippen LogP) is 6.19. The fourth-order valence-electron chi connectivity index (χ4n) is 4.54. The Bertz CT molecular complexity index is 1600. The van der Waals surface area contributed by atoms with Gasteiger partial charge < -0.3 is 5.32 Å². The van der Waals surface area contributed by atoms with E-state index in [2.05, 4.69) is 15.5 Å². The van der Waals surface area contributed by atoms with Crippen LogP contribution in [0.15, 0.2) is 60.8 Å². The quantitative estimate of drug-likeness (QED) is 0.302. The number of carbonyl (C=O) groups excluding carboxylic acids is 1. The summed E-state index contributed by atoms with van der Waals surface area (Å²) in [6.07, 6.45) is 1.81. The molecule has 0 aliphatic rings. The van der Waals surface area contributed by atoms with Crippen molar-refractivity contribution in [2.45, 2.75) is 40.8 Å². The smallest absolute Gasteiger partial charge is 0.256 e. The number of carbonyl (C=O) groups is 1. The first-order chi connectivity index (χ1) is 17.4. The van der Waals surface area contributed by atoms with Crippen molar-refractivity contribution in [2.75, 3.05) is 5.32 Å². The molecule has 2 aromatic carbocycles. The van der Waals surface area contributed by atoms with Gasteiger partial charge in [0.05, 0.1) is 46.6 Å². The van der Waals surface area contributed by atoms with Gasteiger partial charge >= 0.3 is 0 Å². The minimum Gasteiger partial charge on any atom is -0.319 e. The van der Waals surface area contributed by atoms with Gasteiger partial charge in [0.15, 0.2) is 0 Å². The summed E-state index contributed by atoms with van der Waals surface area (Å²) in [6.45, 7) is 9.25. The molecule has 0 fully saturated rings. The molecule has 8 heteroatoms. The van der Waals surface area contributed by atoms with Gasteiger partial charge in [-0.3, -0.25) is 14.2 Å². The Balaban J connectivity index is 1.51. The third-order valence-electron chi connectivity index (χ3n) is 6.48. The summed E-state index contributed by atoms with van der Waals surface area (Å²) in [4.78, 5) is 18.5. The van der Waals surface area contributed by atoms with Crippen molar-refractivity contribution in [1.29, 1.82) is 0 Å². The van der Waals surface area contributed by atoms with Crippen LogP contribution in [-0.4, -0.2) is 30.5 Å². The number of nitrogens with zero attached hydrogens (tertiary/aromatic N) is 5. The highest BCUT2D eigenvalue weighted by molar-refractivity contribution is 6.30. The number of hydrogen-bond acceptors (Lipinski definition) is 4. The maximum atomic E-state index is 13.7. The Kier molecular flexibility index (Phi) is 6.33. The van der Waals surface area contributed by atoms with Gasteiger partial charge in [-0.15, -0.1) is 0 Å². The molecular weight excluding hydrogens is 472 g/mol. The molecule has 0 bridgehead atoms. The lowest BCUT2D eigenvalue weighted by Crippen LogP contribution is -2.14. The largest absolute Gasteiger partial charge is 0.319 e. The van der Waals surface area contributed by atoms with Gasteiger partial charge in [-0.05, 0) is 57.5 Å². The monoisotopic (exact) mass is 498 g/mol. The summed E-state index contributed by atoms with van der Waals surface area (Å²) in [6, 6.07) is 17.2. The van der Waals surface area contributed by atoms with E-state index in [1.807, 2.05) is 97.9 Å². The van der Waals surface area contributed by atoms with Crippen molar-refractivity contribution in [1.82, 2.24) is 24.5 Å². The summed E-state index contributed by atoms with van der Waals surface area (Å²) < 4.78 is 3.81. The number of benzene rings is 2. The van der Waals surface area contributed by atoms with Crippen molar-refractivity contribution in [3.63, 3.8) is 0 Å². The lowest BCUT2D eigenvalue weighted by atomic mass is 10.0. The minimum atomic E-state index is -0.205. The second kappa shape index (κ2) is 9.59. The second-order valence-corrected chi connectivity index (χ2v) is 9.26. The SMILES string of the molecule is CCn1ncc(-c2cc(C(=O)Nc3c(C)nn(Cc4cccc(Cl)c4)c3C)c3ccccc3n2)c1C.